The number of hydrogen-bond acceptors (Lipinski definition) is 5. The van der Waals surface area contributed by atoms with Crippen molar-refractivity contribution >= 4 is 34.8 Å². The van der Waals surface area contributed by atoms with Gasteiger partial charge in [-0.3, -0.25) is 4.79 Å². The molecule has 9 heteroatoms. The zero-order chi connectivity index (χ0) is 22.6. The molecule has 0 saturated heterocycles. The van der Waals surface area contributed by atoms with E-state index >= 15 is 0 Å². The zero-order valence-electron chi connectivity index (χ0n) is 16.9. The highest BCUT2D eigenvalue weighted by molar-refractivity contribution is 8.02. The van der Waals surface area contributed by atoms with E-state index in [2.05, 4.69) is 10.3 Å². The first kappa shape index (κ1) is 23.1. The maximum atomic E-state index is 12.7. The van der Waals surface area contributed by atoms with Gasteiger partial charge in [0.05, 0.1) is 11.3 Å². The molecule has 4 nitrogen and oxygen atoms in total. The summed E-state index contributed by atoms with van der Waals surface area (Å²) >= 11 is 2.66. The van der Waals surface area contributed by atoms with E-state index in [9.17, 15) is 23.1 Å². The maximum Gasteiger partial charge on any atom is 0.416 e. The molecule has 0 spiro atoms. The van der Waals surface area contributed by atoms with E-state index in [0.717, 1.165) is 39.0 Å². The number of anilines is 1. The van der Waals surface area contributed by atoms with Crippen molar-refractivity contribution in [3.63, 3.8) is 0 Å². The Hall–Kier alpha value is -2.52. The molecular formula is C22H21F3N2O2S2. The molecule has 0 bridgehead atoms. The number of carboxylic acid groups (broad SMARTS) is 1. The fraction of sp³-hybridized carbons (Fsp3) is 0.273. The zero-order valence-corrected chi connectivity index (χ0v) is 18.5. The van der Waals surface area contributed by atoms with Crippen LogP contribution in [0.3, 0.4) is 0 Å². The number of aromatic nitrogens is 1. The minimum Gasteiger partial charge on any atom is -0.480 e. The third-order valence-electron chi connectivity index (χ3n) is 4.53. The second-order valence-electron chi connectivity index (χ2n) is 7.35. The van der Waals surface area contributed by atoms with Gasteiger partial charge in [-0.05, 0) is 49.2 Å². The monoisotopic (exact) mass is 466 g/mol. The maximum absolute atomic E-state index is 12.7. The summed E-state index contributed by atoms with van der Waals surface area (Å²) < 4.78 is 37.9. The van der Waals surface area contributed by atoms with Crippen LogP contribution in [0, 0.1) is 0 Å². The van der Waals surface area contributed by atoms with Gasteiger partial charge in [0.1, 0.15) is 4.75 Å². The summed E-state index contributed by atoms with van der Waals surface area (Å²) in [7, 11) is 0. The van der Waals surface area contributed by atoms with Crippen molar-refractivity contribution < 1.29 is 23.1 Å². The van der Waals surface area contributed by atoms with Gasteiger partial charge >= 0.3 is 12.1 Å². The number of carboxylic acids is 1. The molecule has 1 aromatic heterocycles. The largest absolute Gasteiger partial charge is 0.480 e. The van der Waals surface area contributed by atoms with Crippen LogP contribution in [0.5, 0.6) is 0 Å². The Morgan fingerprint density at radius 2 is 1.65 bits per heavy atom. The number of halogens is 3. The van der Waals surface area contributed by atoms with Crippen molar-refractivity contribution in [2.75, 3.05) is 11.9 Å². The van der Waals surface area contributed by atoms with Crippen molar-refractivity contribution in [1.29, 1.82) is 0 Å². The molecule has 164 valence electrons. The number of carbonyl (C=O) groups is 1. The van der Waals surface area contributed by atoms with Gasteiger partial charge in [0.15, 0.2) is 4.34 Å². The fourth-order valence-electron chi connectivity index (χ4n) is 2.68. The van der Waals surface area contributed by atoms with E-state index in [1.54, 1.807) is 13.8 Å². The molecule has 0 aliphatic carbocycles. The Kier molecular flexibility index (Phi) is 6.96. The number of rotatable bonds is 8. The van der Waals surface area contributed by atoms with Gasteiger partial charge in [0.2, 0.25) is 0 Å². The smallest absolute Gasteiger partial charge is 0.416 e. The first-order chi connectivity index (χ1) is 14.5. The molecule has 0 atom stereocenters. The van der Waals surface area contributed by atoms with Crippen LogP contribution in [0.15, 0.2) is 58.3 Å². The van der Waals surface area contributed by atoms with Gasteiger partial charge in [0.25, 0.3) is 0 Å². The van der Waals surface area contributed by atoms with Crippen LogP contribution in [-0.2, 0) is 17.4 Å². The first-order valence-corrected chi connectivity index (χ1v) is 11.1. The van der Waals surface area contributed by atoms with E-state index in [4.69, 9.17) is 0 Å². The number of aliphatic carboxylic acids is 1. The van der Waals surface area contributed by atoms with Crippen molar-refractivity contribution in [3.8, 4) is 11.1 Å². The van der Waals surface area contributed by atoms with E-state index < -0.39 is 22.5 Å². The van der Waals surface area contributed by atoms with Gasteiger partial charge in [-0.1, -0.05) is 36.0 Å². The molecule has 0 aliphatic rings. The van der Waals surface area contributed by atoms with Gasteiger partial charge in [-0.2, -0.15) is 13.2 Å². The third-order valence-corrected chi connectivity index (χ3v) is 6.70. The summed E-state index contributed by atoms with van der Waals surface area (Å²) in [6, 6.07) is 12.6. The van der Waals surface area contributed by atoms with E-state index in [1.807, 2.05) is 29.6 Å². The molecule has 3 rings (SSSR count). The molecule has 0 aliphatic heterocycles. The number of nitrogens with zero attached hydrogens (tertiary/aromatic N) is 1. The van der Waals surface area contributed by atoms with Crippen LogP contribution in [0.2, 0.25) is 0 Å². The van der Waals surface area contributed by atoms with Crippen LogP contribution >= 0.6 is 23.1 Å². The first-order valence-electron chi connectivity index (χ1n) is 9.43. The number of benzene rings is 2. The molecule has 2 aromatic carbocycles. The topological polar surface area (TPSA) is 62.2 Å². The van der Waals surface area contributed by atoms with E-state index in [0.29, 0.717) is 13.0 Å². The van der Waals surface area contributed by atoms with Crippen molar-refractivity contribution in [3.05, 3.63) is 65.2 Å². The van der Waals surface area contributed by atoms with Crippen LogP contribution in [-0.4, -0.2) is 27.4 Å². The molecule has 3 aromatic rings. The number of thiazole rings is 1. The quantitative estimate of drug-likeness (QED) is 0.374. The lowest BCUT2D eigenvalue weighted by molar-refractivity contribution is -0.139. The molecule has 0 amide bonds. The fourth-order valence-corrected chi connectivity index (χ4v) is 4.91. The summed E-state index contributed by atoms with van der Waals surface area (Å²) in [5.41, 5.74) is 2.68. The summed E-state index contributed by atoms with van der Waals surface area (Å²) in [6.45, 7) is 3.95. The number of nitrogens with one attached hydrogen (secondary N) is 1. The summed E-state index contributed by atoms with van der Waals surface area (Å²) in [5.74, 6) is -0.879. The predicted octanol–water partition coefficient (Wildman–Crippen LogP) is 6.44. The van der Waals surface area contributed by atoms with Gasteiger partial charge in [-0.15, -0.1) is 11.3 Å². The van der Waals surface area contributed by atoms with Crippen molar-refractivity contribution in [2.24, 2.45) is 0 Å². The van der Waals surface area contributed by atoms with Crippen LogP contribution in [0.4, 0.5) is 18.9 Å². The van der Waals surface area contributed by atoms with Crippen molar-refractivity contribution in [1.82, 2.24) is 4.98 Å². The summed E-state index contributed by atoms with van der Waals surface area (Å²) in [6.07, 6.45) is -3.65. The lowest BCUT2D eigenvalue weighted by Crippen LogP contribution is -2.26. The van der Waals surface area contributed by atoms with Gasteiger partial charge in [-0.25, -0.2) is 4.98 Å². The van der Waals surface area contributed by atoms with Crippen molar-refractivity contribution in [2.45, 2.75) is 35.5 Å². The van der Waals surface area contributed by atoms with Crippen LogP contribution in [0.25, 0.3) is 11.1 Å². The predicted molar refractivity (Wildman–Crippen MR) is 119 cm³/mol. The van der Waals surface area contributed by atoms with Crippen LogP contribution < -0.4 is 5.32 Å². The number of hydrogen-bond donors (Lipinski definition) is 2. The second-order valence-corrected chi connectivity index (χ2v) is 10.1. The van der Waals surface area contributed by atoms with Gasteiger partial charge in [0, 0.05) is 24.0 Å². The molecule has 0 saturated carbocycles. The molecule has 1 heterocycles. The lowest BCUT2D eigenvalue weighted by Gasteiger charge is -2.15. The SMILES string of the molecule is CC(C)(Sc1nc(CCNc2ccc(-c3ccc(C(F)(F)F)cc3)cc2)cs1)C(=O)O. The van der Waals surface area contributed by atoms with E-state index in [-0.39, 0.29) is 0 Å². The highest BCUT2D eigenvalue weighted by atomic mass is 32.2. The minimum atomic E-state index is -4.34. The Balaban J connectivity index is 1.53. The summed E-state index contributed by atoms with van der Waals surface area (Å²) in [4.78, 5) is 15.7. The Bertz CT molecular complexity index is 1030. The second kappa shape index (κ2) is 9.32. The highest BCUT2D eigenvalue weighted by Gasteiger charge is 2.30. The number of alkyl halides is 3. The average molecular weight is 467 g/mol. The molecule has 2 N–H and O–H groups in total. The molecular weight excluding hydrogens is 445 g/mol. The lowest BCUT2D eigenvalue weighted by atomic mass is 10.0. The molecule has 0 fully saturated rings. The molecule has 0 unspecified atom stereocenters. The summed E-state index contributed by atoms with van der Waals surface area (Å²) in [5, 5.41) is 14.4. The normalized spacial score (nSPS) is 12.0. The van der Waals surface area contributed by atoms with Crippen LogP contribution in [0.1, 0.15) is 25.1 Å². The Labute approximate surface area is 186 Å². The van der Waals surface area contributed by atoms with Gasteiger partial charge < -0.3 is 10.4 Å². The molecule has 31 heavy (non-hydrogen) atoms. The standard InChI is InChI=1S/C22H21F3N2O2S2/c1-21(2,19(28)29)31-20-27-18(13-30-20)11-12-26-17-9-5-15(6-10-17)14-3-7-16(8-4-14)22(23,24)25/h3-10,13,26H,11-12H2,1-2H3,(H,28,29). The molecule has 0 radical (unpaired) electrons. The highest BCUT2D eigenvalue weighted by Crippen LogP contribution is 2.35. The average Bonchev–Trinajstić information content (AvgIpc) is 3.14. The van der Waals surface area contributed by atoms with E-state index in [1.165, 1.54) is 35.2 Å². The minimum absolute atomic E-state index is 0.649. The Morgan fingerprint density at radius 1 is 1.06 bits per heavy atom. The number of thioether (sulfide) groups is 1. The third kappa shape index (κ3) is 6.24. The Morgan fingerprint density at radius 3 is 2.19 bits per heavy atom.